The van der Waals surface area contributed by atoms with E-state index in [-0.39, 0.29) is 28.0 Å². The van der Waals surface area contributed by atoms with Crippen molar-refractivity contribution in [2.75, 3.05) is 0 Å². The van der Waals surface area contributed by atoms with Crippen LogP contribution in [0.2, 0.25) is 0 Å². The van der Waals surface area contributed by atoms with Gasteiger partial charge in [0.1, 0.15) is 5.52 Å². The van der Waals surface area contributed by atoms with E-state index in [1.165, 1.54) is 18.5 Å². The molecule has 4 rings (SSSR count). The molecule has 0 saturated carbocycles. The van der Waals surface area contributed by atoms with E-state index in [0.29, 0.717) is 16.3 Å². The number of aliphatic hydroxyl groups excluding tert-OH is 1. The highest BCUT2D eigenvalue weighted by Gasteiger charge is 2.38. The lowest BCUT2D eigenvalue weighted by atomic mass is 10.1. The second-order valence-corrected chi connectivity index (χ2v) is 7.18. The van der Waals surface area contributed by atoms with E-state index in [9.17, 15) is 36.2 Å². The largest absolute Gasteiger partial charge is 0.417 e. The lowest BCUT2D eigenvalue weighted by Gasteiger charge is -2.16. The monoisotopic (exact) mass is 481 g/mol. The van der Waals surface area contributed by atoms with Gasteiger partial charge < -0.3 is 5.11 Å². The summed E-state index contributed by atoms with van der Waals surface area (Å²) in [6.45, 7) is -1.09. The molecule has 0 spiro atoms. The van der Waals surface area contributed by atoms with E-state index in [0.717, 1.165) is 18.5 Å². The summed E-state index contributed by atoms with van der Waals surface area (Å²) in [7, 11) is 0. The summed E-state index contributed by atoms with van der Waals surface area (Å²) in [6.07, 6.45) is -8.02. The van der Waals surface area contributed by atoms with Crippen molar-refractivity contribution in [1.82, 2.24) is 24.5 Å². The summed E-state index contributed by atoms with van der Waals surface area (Å²) >= 11 is 0. The molecule has 1 N–H and O–H groups in total. The van der Waals surface area contributed by atoms with Crippen molar-refractivity contribution in [1.29, 1.82) is 0 Å². The van der Waals surface area contributed by atoms with Gasteiger partial charge in [0.25, 0.3) is 5.56 Å². The zero-order valence-corrected chi connectivity index (χ0v) is 16.8. The molecule has 1 atom stereocenters. The first-order valence-electron chi connectivity index (χ1n) is 9.54. The average molecular weight is 481 g/mol. The second kappa shape index (κ2) is 8.48. The van der Waals surface area contributed by atoms with Crippen LogP contribution in [0.25, 0.3) is 33.5 Å². The highest BCUT2D eigenvalue weighted by Crippen LogP contribution is 2.31. The minimum Gasteiger partial charge on any atom is -0.382 e. The van der Waals surface area contributed by atoms with Crippen LogP contribution in [-0.2, 0) is 12.7 Å². The maximum Gasteiger partial charge on any atom is 0.417 e. The second-order valence-electron chi connectivity index (χ2n) is 7.18. The Hall–Kier alpha value is -3.87. The Morgan fingerprint density at radius 3 is 2.35 bits per heavy atom. The molecule has 0 fully saturated rings. The summed E-state index contributed by atoms with van der Waals surface area (Å²) in [5.41, 5.74) is -1.35. The van der Waals surface area contributed by atoms with Crippen molar-refractivity contribution in [2.45, 2.75) is 25.0 Å². The fourth-order valence-corrected chi connectivity index (χ4v) is 3.13. The molecular weight excluding hydrogens is 468 g/mol. The van der Waals surface area contributed by atoms with Crippen LogP contribution < -0.4 is 5.56 Å². The van der Waals surface area contributed by atoms with E-state index in [1.54, 1.807) is 12.1 Å². The number of aliphatic hydroxyl groups is 1. The highest BCUT2D eigenvalue weighted by atomic mass is 19.4. The van der Waals surface area contributed by atoms with Crippen LogP contribution in [0.3, 0.4) is 0 Å². The van der Waals surface area contributed by atoms with Gasteiger partial charge in [-0.1, -0.05) is 0 Å². The topological polar surface area (TPSA) is 93.8 Å². The summed E-state index contributed by atoms with van der Waals surface area (Å²) in [4.78, 5) is 29.2. The molecule has 0 aliphatic heterocycles. The van der Waals surface area contributed by atoms with Crippen LogP contribution in [0.4, 0.5) is 26.3 Å². The molecular formula is C21H13F6N5O2. The normalized spacial score (nSPS) is 13.3. The molecule has 7 nitrogen and oxygen atoms in total. The van der Waals surface area contributed by atoms with Gasteiger partial charge in [-0.3, -0.25) is 19.3 Å². The zero-order chi connectivity index (χ0) is 24.7. The zero-order valence-electron chi connectivity index (χ0n) is 16.8. The molecule has 176 valence electrons. The highest BCUT2D eigenvalue weighted by molar-refractivity contribution is 5.93. The summed E-state index contributed by atoms with van der Waals surface area (Å²) in [6, 6.07) is 6.20. The molecule has 0 aliphatic carbocycles. The Morgan fingerprint density at radius 1 is 1.00 bits per heavy atom. The number of hydrogen-bond acceptors (Lipinski definition) is 6. The lowest BCUT2D eigenvalue weighted by Crippen LogP contribution is -2.36. The molecule has 4 aromatic rings. The van der Waals surface area contributed by atoms with Gasteiger partial charge in [-0.05, 0) is 30.3 Å². The third kappa shape index (κ3) is 4.59. The Labute approximate surface area is 186 Å². The lowest BCUT2D eigenvalue weighted by molar-refractivity contribution is -0.207. The molecule has 0 aliphatic rings. The number of alkyl halides is 6. The van der Waals surface area contributed by atoms with Gasteiger partial charge in [0.15, 0.2) is 6.10 Å². The van der Waals surface area contributed by atoms with Gasteiger partial charge in [-0.25, -0.2) is 9.97 Å². The summed E-state index contributed by atoms with van der Waals surface area (Å²) < 4.78 is 77.6. The maximum atomic E-state index is 13.0. The smallest absolute Gasteiger partial charge is 0.382 e. The molecule has 4 heterocycles. The van der Waals surface area contributed by atoms with Crippen molar-refractivity contribution in [3.63, 3.8) is 0 Å². The first-order valence-corrected chi connectivity index (χ1v) is 9.54. The maximum absolute atomic E-state index is 13.0. The van der Waals surface area contributed by atoms with Crippen LogP contribution in [0.1, 0.15) is 5.56 Å². The number of pyridine rings is 3. The quantitative estimate of drug-likeness (QED) is 0.445. The molecule has 0 saturated heterocycles. The first kappa shape index (κ1) is 23.3. The predicted octanol–water partition coefficient (Wildman–Crippen LogP) is 3.86. The third-order valence-corrected chi connectivity index (χ3v) is 4.85. The minimum absolute atomic E-state index is 0.00639. The Morgan fingerprint density at radius 2 is 1.76 bits per heavy atom. The van der Waals surface area contributed by atoms with Crippen LogP contribution >= 0.6 is 0 Å². The number of aromatic nitrogens is 5. The fourth-order valence-electron chi connectivity index (χ4n) is 3.13. The van der Waals surface area contributed by atoms with E-state index < -0.39 is 36.1 Å². The van der Waals surface area contributed by atoms with Crippen molar-refractivity contribution < 1.29 is 31.4 Å². The molecule has 0 bridgehead atoms. The van der Waals surface area contributed by atoms with E-state index in [4.69, 9.17) is 0 Å². The van der Waals surface area contributed by atoms with Crippen molar-refractivity contribution in [3.8, 4) is 22.6 Å². The number of halogens is 6. The SMILES string of the molecule is O=c1c2cc(-c3ccc(C(F)(F)F)cn3)nc(-c3cccnc3)c2ncn1C[C@H](O)C(F)(F)F. The number of rotatable bonds is 4. The van der Waals surface area contributed by atoms with Crippen LogP contribution in [-0.4, -0.2) is 41.9 Å². The predicted molar refractivity (Wildman–Crippen MR) is 107 cm³/mol. The molecule has 0 aromatic carbocycles. The summed E-state index contributed by atoms with van der Waals surface area (Å²) in [5.74, 6) is 0. The molecule has 0 unspecified atom stereocenters. The van der Waals surface area contributed by atoms with E-state index in [2.05, 4.69) is 19.9 Å². The molecule has 13 heteroatoms. The van der Waals surface area contributed by atoms with E-state index >= 15 is 0 Å². The summed E-state index contributed by atoms with van der Waals surface area (Å²) in [5, 5.41) is 9.19. The van der Waals surface area contributed by atoms with Gasteiger partial charge in [0, 0.05) is 24.2 Å². The van der Waals surface area contributed by atoms with Crippen molar-refractivity contribution in [3.05, 3.63) is 71.2 Å². The molecule has 0 radical (unpaired) electrons. The van der Waals surface area contributed by atoms with Crippen LogP contribution in [0.15, 0.2) is 60.0 Å². The van der Waals surface area contributed by atoms with Crippen LogP contribution in [0.5, 0.6) is 0 Å². The molecule has 0 amide bonds. The number of nitrogens with zero attached hydrogens (tertiary/aromatic N) is 5. The molecule has 34 heavy (non-hydrogen) atoms. The standard InChI is InChI=1S/C21H13F6N5O2/c22-20(23,24)12-3-4-14(29-8-12)15-6-13-18(17(31-15)11-2-1-5-28-7-11)30-10-32(19(13)34)9-16(33)21(25,26)27/h1-8,10,16,33H,9H2/t16-/m0/s1. The Balaban J connectivity index is 1.91. The third-order valence-electron chi connectivity index (χ3n) is 4.85. The fraction of sp³-hybridized carbons (Fsp3) is 0.190. The molecule has 4 aromatic heterocycles. The Bertz CT molecular complexity index is 1390. The van der Waals surface area contributed by atoms with Crippen LogP contribution in [0, 0.1) is 0 Å². The van der Waals surface area contributed by atoms with Gasteiger partial charge >= 0.3 is 12.4 Å². The number of fused-ring (bicyclic) bond motifs is 1. The van der Waals surface area contributed by atoms with Gasteiger partial charge in [-0.2, -0.15) is 26.3 Å². The van der Waals surface area contributed by atoms with E-state index in [1.807, 2.05) is 0 Å². The van der Waals surface area contributed by atoms with Gasteiger partial charge in [0.05, 0.1) is 40.9 Å². The van der Waals surface area contributed by atoms with Crippen molar-refractivity contribution in [2.24, 2.45) is 0 Å². The minimum atomic E-state index is -4.96. The first-order chi connectivity index (χ1) is 15.9. The average Bonchev–Trinajstić information content (AvgIpc) is 2.80. The van der Waals surface area contributed by atoms with Gasteiger partial charge in [0.2, 0.25) is 0 Å². The van der Waals surface area contributed by atoms with Gasteiger partial charge in [-0.15, -0.1) is 0 Å². The Kier molecular flexibility index (Phi) is 5.81. The van der Waals surface area contributed by atoms with Crippen molar-refractivity contribution >= 4 is 10.9 Å². The number of hydrogen-bond donors (Lipinski definition) is 1.